The van der Waals surface area contributed by atoms with E-state index in [0.29, 0.717) is 13.2 Å². The first-order chi connectivity index (χ1) is 13.2. The highest BCUT2D eigenvalue weighted by Crippen LogP contribution is 2.37. The van der Waals surface area contributed by atoms with Crippen molar-refractivity contribution in [2.24, 2.45) is 0 Å². The van der Waals surface area contributed by atoms with Gasteiger partial charge in [0.15, 0.2) is 0 Å². The zero-order valence-corrected chi connectivity index (χ0v) is 17.0. The van der Waals surface area contributed by atoms with Gasteiger partial charge in [-0.25, -0.2) is 0 Å². The molecule has 2 aromatic rings. The van der Waals surface area contributed by atoms with Crippen molar-refractivity contribution < 1.29 is 13.9 Å². The Hall–Kier alpha value is -1.63. The van der Waals surface area contributed by atoms with Crippen molar-refractivity contribution in [3.05, 3.63) is 58.5 Å². The molecule has 144 valence electrons. The first-order valence-electron chi connectivity index (χ1n) is 9.55. The van der Waals surface area contributed by atoms with E-state index in [0.717, 1.165) is 61.4 Å². The molecule has 0 bridgehead atoms. The maximum absolute atomic E-state index is 13.6. The molecule has 0 atom stereocenters. The van der Waals surface area contributed by atoms with Crippen LogP contribution in [0.3, 0.4) is 0 Å². The van der Waals surface area contributed by atoms with Crippen LogP contribution in [0.1, 0.15) is 24.2 Å². The molecule has 1 aromatic heterocycles. The number of nitrogens with zero attached hydrogens (tertiary/aromatic N) is 2. The average Bonchev–Trinajstić information content (AvgIpc) is 3.22. The number of amides is 1. The summed E-state index contributed by atoms with van der Waals surface area (Å²) in [5.74, 6) is 1.23. The minimum atomic E-state index is -0.456. The molecule has 0 unspecified atom stereocenters. The summed E-state index contributed by atoms with van der Waals surface area (Å²) in [6, 6.07) is 12.1. The zero-order valence-electron chi connectivity index (χ0n) is 15.4. The number of piperazine rings is 1. The molecule has 1 amide bonds. The van der Waals surface area contributed by atoms with Gasteiger partial charge in [0.05, 0.1) is 18.2 Å². The van der Waals surface area contributed by atoms with Gasteiger partial charge in [-0.2, -0.15) is 0 Å². The van der Waals surface area contributed by atoms with Crippen molar-refractivity contribution in [3.8, 4) is 0 Å². The van der Waals surface area contributed by atoms with Crippen LogP contribution in [0, 0.1) is 0 Å². The average molecular weight is 433 g/mol. The van der Waals surface area contributed by atoms with Gasteiger partial charge in [-0.15, -0.1) is 0 Å². The number of carbonyl (C=O) groups is 1. The van der Waals surface area contributed by atoms with Gasteiger partial charge in [0.2, 0.25) is 5.91 Å². The largest absolute Gasteiger partial charge is 0.468 e. The highest BCUT2D eigenvalue weighted by molar-refractivity contribution is 9.10. The molecule has 5 nitrogen and oxygen atoms in total. The maximum Gasteiger partial charge on any atom is 0.233 e. The van der Waals surface area contributed by atoms with Gasteiger partial charge in [-0.05, 0) is 42.7 Å². The summed E-state index contributed by atoms with van der Waals surface area (Å²) < 4.78 is 12.1. The number of carbonyl (C=O) groups excluding carboxylic acids is 1. The van der Waals surface area contributed by atoms with Crippen LogP contribution >= 0.6 is 15.9 Å². The van der Waals surface area contributed by atoms with Crippen molar-refractivity contribution in [3.63, 3.8) is 0 Å². The van der Waals surface area contributed by atoms with Crippen molar-refractivity contribution in [2.75, 3.05) is 39.4 Å². The Morgan fingerprint density at radius 1 is 1.04 bits per heavy atom. The Kier molecular flexibility index (Phi) is 5.66. The standard InChI is InChI=1S/C21H25BrN2O3/c22-18-5-3-17(4-6-18)21(7-14-26-15-8-21)20(25)24-11-9-23(10-12-24)16-19-2-1-13-27-19/h1-6,13H,7-12,14-16H2. The number of hydrogen-bond acceptors (Lipinski definition) is 4. The number of hydrogen-bond donors (Lipinski definition) is 0. The number of ether oxygens (including phenoxy) is 1. The Morgan fingerprint density at radius 2 is 1.74 bits per heavy atom. The third-order valence-electron chi connectivity index (χ3n) is 5.77. The van der Waals surface area contributed by atoms with Crippen LogP contribution in [-0.2, 0) is 21.5 Å². The summed E-state index contributed by atoms with van der Waals surface area (Å²) in [5, 5.41) is 0. The van der Waals surface area contributed by atoms with E-state index in [-0.39, 0.29) is 5.91 Å². The van der Waals surface area contributed by atoms with Gasteiger partial charge in [0.1, 0.15) is 5.76 Å². The maximum atomic E-state index is 13.6. The van der Waals surface area contributed by atoms with Gasteiger partial charge in [-0.3, -0.25) is 9.69 Å². The highest BCUT2D eigenvalue weighted by Gasteiger charge is 2.44. The van der Waals surface area contributed by atoms with Crippen LogP contribution in [-0.4, -0.2) is 55.1 Å². The third kappa shape index (κ3) is 3.98. The minimum absolute atomic E-state index is 0.255. The molecule has 0 spiro atoms. The van der Waals surface area contributed by atoms with Gasteiger partial charge in [-0.1, -0.05) is 28.1 Å². The molecule has 1 aromatic carbocycles. The second kappa shape index (κ2) is 8.17. The molecule has 0 radical (unpaired) electrons. The summed E-state index contributed by atoms with van der Waals surface area (Å²) in [4.78, 5) is 18.0. The number of furan rings is 1. The molecule has 0 N–H and O–H groups in total. The van der Waals surface area contributed by atoms with Crippen LogP contribution in [0.2, 0.25) is 0 Å². The Bertz CT molecular complexity index is 746. The van der Waals surface area contributed by atoms with Crippen molar-refractivity contribution in [1.82, 2.24) is 9.80 Å². The first kappa shape index (κ1) is 18.7. The van der Waals surface area contributed by atoms with Gasteiger partial charge in [0.25, 0.3) is 0 Å². The van der Waals surface area contributed by atoms with Gasteiger partial charge in [0, 0.05) is 43.9 Å². The fourth-order valence-corrected chi connectivity index (χ4v) is 4.41. The van der Waals surface area contributed by atoms with E-state index in [1.165, 1.54) is 0 Å². The van der Waals surface area contributed by atoms with Crippen molar-refractivity contribution in [1.29, 1.82) is 0 Å². The van der Waals surface area contributed by atoms with Gasteiger partial charge >= 0.3 is 0 Å². The van der Waals surface area contributed by atoms with Crippen LogP contribution in [0.25, 0.3) is 0 Å². The van der Waals surface area contributed by atoms with E-state index in [1.807, 2.05) is 29.2 Å². The van der Waals surface area contributed by atoms with E-state index in [4.69, 9.17) is 9.15 Å². The predicted octanol–water partition coefficient (Wildman–Crippen LogP) is 3.43. The zero-order chi connectivity index (χ0) is 18.7. The molecule has 2 fully saturated rings. The van der Waals surface area contributed by atoms with Crippen LogP contribution in [0.5, 0.6) is 0 Å². The van der Waals surface area contributed by atoms with Crippen LogP contribution < -0.4 is 0 Å². The summed E-state index contributed by atoms with van der Waals surface area (Å²) in [6.45, 7) is 5.36. The molecule has 2 saturated heterocycles. The monoisotopic (exact) mass is 432 g/mol. The second-order valence-corrected chi connectivity index (χ2v) is 8.26. The van der Waals surface area contributed by atoms with Crippen molar-refractivity contribution in [2.45, 2.75) is 24.8 Å². The lowest BCUT2D eigenvalue weighted by atomic mass is 9.73. The van der Waals surface area contributed by atoms with E-state index >= 15 is 0 Å². The smallest absolute Gasteiger partial charge is 0.233 e. The molecule has 0 saturated carbocycles. The first-order valence-corrected chi connectivity index (χ1v) is 10.3. The second-order valence-electron chi connectivity index (χ2n) is 7.35. The fourth-order valence-electron chi connectivity index (χ4n) is 4.15. The van der Waals surface area contributed by atoms with Crippen LogP contribution in [0.15, 0.2) is 51.6 Å². The van der Waals surface area contributed by atoms with Crippen LogP contribution in [0.4, 0.5) is 0 Å². The molecule has 3 heterocycles. The Balaban J connectivity index is 1.47. The summed E-state index contributed by atoms with van der Waals surface area (Å²) >= 11 is 3.50. The fraction of sp³-hybridized carbons (Fsp3) is 0.476. The number of halogens is 1. The van der Waals surface area contributed by atoms with Crippen molar-refractivity contribution >= 4 is 21.8 Å². The van der Waals surface area contributed by atoms with E-state index in [2.05, 4.69) is 33.0 Å². The molecule has 2 aliphatic rings. The topological polar surface area (TPSA) is 45.9 Å². The predicted molar refractivity (Wildman–Crippen MR) is 106 cm³/mol. The molecule has 27 heavy (non-hydrogen) atoms. The van der Waals surface area contributed by atoms with Gasteiger partial charge < -0.3 is 14.1 Å². The van der Waals surface area contributed by atoms with E-state index < -0.39 is 5.41 Å². The lowest BCUT2D eigenvalue weighted by molar-refractivity contribution is -0.143. The molecular weight excluding hydrogens is 408 g/mol. The lowest BCUT2D eigenvalue weighted by Gasteiger charge is -2.43. The molecule has 4 rings (SSSR count). The number of rotatable bonds is 4. The normalized spacial score (nSPS) is 20.6. The molecule has 6 heteroatoms. The molecular formula is C21H25BrN2O3. The lowest BCUT2D eigenvalue weighted by Crippen LogP contribution is -2.55. The quantitative estimate of drug-likeness (QED) is 0.742. The Morgan fingerprint density at radius 3 is 2.37 bits per heavy atom. The summed E-state index contributed by atoms with van der Waals surface area (Å²) in [6.07, 6.45) is 3.21. The summed E-state index contributed by atoms with van der Waals surface area (Å²) in [5.41, 5.74) is 0.652. The molecule has 0 aliphatic carbocycles. The minimum Gasteiger partial charge on any atom is -0.468 e. The SMILES string of the molecule is O=C(N1CCN(Cc2ccco2)CC1)C1(c2ccc(Br)cc2)CCOCC1. The Labute approximate surface area is 168 Å². The highest BCUT2D eigenvalue weighted by atomic mass is 79.9. The van der Waals surface area contributed by atoms with E-state index in [9.17, 15) is 4.79 Å². The number of benzene rings is 1. The molecule has 2 aliphatic heterocycles. The summed E-state index contributed by atoms with van der Waals surface area (Å²) in [7, 11) is 0. The third-order valence-corrected chi connectivity index (χ3v) is 6.30. The van der Waals surface area contributed by atoms with E-state index in [1.54, 1.807) is 6.26 Å².